The largest absolute Gasteiger partial charge is 0.354 e. The Hall–Kier alpha value is -1.93. The number of anilines is 1. The predicted molar refractivity (Wildman–Crippen MR) is 85.2 cm³/mol. The van der Waals surface area contributed by atoms with Gasteiger partial charge in [0.25, 0.3) is 11.1 Å². The van der Waals surface area contributed by atoms with E-state index >= 15 is 0 Å². The van der Waals surface area contributed by atoms with Crippen molar-refractivity contribution in [2.24, 2.45) is 5.92 Å². The number of imide groups is 1. The van der Waals surface area contributed by atoms with Crippen molar-refractivity contribution >= 4 is 34.9 Å². The lowest BCUT2D eigenvalue weighted by Gasteiger charge is -2.22. The first-order chi connectivity index (χ1) is 10.7. The van der Waals surface area contributed by atoms with E-state index in [1.165, 1.54) is 12.8 Å². The topological polar surface area (TPSA) is 96.0 Å². The summed E-state index contributed by atoms with van der Waals surface area (Å²) in [4.78, 5) is 31.6. The summed E-state index contributed by atoms with van der Waals surface area (Å²) in [6.07, 6.45) is 5.63. The van der Waals surface area contributed by atoms with E-state index < -0.39 is 0 Å². The Kier molecular flexibility index (Phi) is 4.69. The van der Waals surface area contributed by atoms with Gasteiger partial charge in [-0.3, -0.25) is 14.9 Å². The van der Waals surface area contributed by atoms with E-state index in [2.05, 4.69) is 25.9 Å². The molecule has 0 unspecified atom stereocenters. The number of amides is 2. The molecule has 3 heterocycles. The summed E-state index contributed by atoms with van der Waals surface area (Å²) >= 11 is 0.883. The van der Waals surface area contributed by atoms with Crippen LogP contribution >= 0.6 is 11.8 Å². The van der Waals surface area contributed by atoms with Gasteiger partial charge in [-0.2, -0.15) is 0 Å². The molecule has 8 heteroatoms. The molecule has 0 spiro atoms. The molecule has 3 N–H and O–H groups in total. The number of nitrogens with zero attached hydrogens (tertiary/aromatic N) is 2. The van der Waals surface area contributed by atoms with Gasteiger partial charge in [-0.15, -0.1) is 0 Å². The SMILES string of the molecule is O=C1NC(=O)C(=Cc2ccnc(NC[C@@H]3CCCNC3)n2)S1. The van der Waals surface area contributed by atoms with Crippen LogP contribution in [-0.2, 0) is 4.79 Å². The Morgan fingerprint density at radius 1 is 1.45 bits per heavy atom. The second-order valence-corrected chi connectivity index (χ2v) is 6.27. The lowest BCUT2D eigenvalue weighted by molar-refractivity contribution is -0.115. The first kappa shape index (κ1) is 15.0. The molecule has 2 aliphatic rings. The number of nitrogens with one attached hydrogen (secondary N) is 3. The van der Waals surface area contributed by atoms with E-state index in [1.807, 2.05) is 0 Å². The average molecular weight is 319 g/mol. The van der Waals surface area contributed by atoms with Crippen molar-refractivity contribution in [2.75, 3.05) is 25.0 Å². The molecule has 3 rings (SSSR count). The Balaban J connectivity index is 1.63. The van der Waals surface area contributed by atoms with Crippen LogP contribution in [0.4, 0.5) is 10.7 Å². The number of hydrogen-bond donors (Lipinski definition) is 3. The van der Waals surface area contributed by atoms with E-state index in [0.717, 1.165) is 31.4 Å². The van der Waals surface area contributed by atoms with Crippen LogP contribution in [-0.4, -0.2) is 40.7 Å². The van der Waals surface area contributed by atoms with E-state index in [1.54, 1.807) is 18.3 Å². The second kappa shape index (κ2) is 6.89. The van der Waals surface area contributed by atoms with Crippen LogP contribution in [0.3, 0.4) is 0 Å². The molecule has 22 heavy (non-hydrogen) atoms. The van der Waals surface area contributed by atoms with Gasteiger partial charge in [-0.1, -0.05) is 0 Å². The highest BCUT2D eigenvalue weighted by atomic mass is 32.2. The van der Waals surface area contributed by atoms with Crippen molar-refractivity contribution in [3.63, 3.8) is 0 Å². The van der Waals surface area contributed by atoms with Gasteiger partial charge in [0.05, 0.1) is 10.6 Å². The van der Waals surface area contributed by atoms with Crippen molar-refractivity contribution in [2.45, 2.75) is 12.8 Å². The maximum absolute atomic E-state index is 11.5. The van der Waals surface area contributed by atoms with Gasteiger partial charge in [0.2, 0.25) is 5.95 Å². The van der Waals surface area contributed by atoms with Crippen LogP contribution in [0.1, 0.15) is 18.5 Å². The molecule has 0 saturated carbocycles. The highest BCUT2D eigenvalue weighted by Crippen LogP contribution is 2.25. The van der Waals surface area contributed by atoms with Crippen molar-refractivity contribution < 1.29 is 9.59 Å². The van der Waals surface area contributed by atoms with Crippen LogP contribution in [0, 0.1) is 5.92 Å². The molecule has 1 atom stereocenters. The Labute approximate surface area is 132 Å². The molecular formula is C14H17N5O2S. The van der Waals surface area contributed by atoms with E-state index in [0.29, 0.717) is 22.5 Å². The number of piperidine rings is 1. The third-order valence-electron chi connectivity index (χ3n) is 3.55. The smallest absolute Gasteiger partial charge is 0.290 e. The fourth-order valence-electron chi connectivity index (χ4n) is 2.43. The Bertz CT molecular complexity index is 613. The molecule has 0 bridgehead atoms. The van der Waals surface area contributed by atoms with Crippen molar-refractivity contribution in [3.8, 4) is 0 Å². The maximum Gasteiger partial charge on any atom is 0.290 e. The van der Waals surface area contributed by atoms with Crippen LogP contribution in [0.25, 0.3) is 6.08 Å². The average Bonchev–Trinajstić information content (AvgIpc) is 2.84. The highest BCUT2D eigenvalue weighted by Gasteiger charge is 2.25. The molecule has 2 saturated heterocycles. The minimum absolute atomic E-state index is 0.353. The molecule has 0 aliphatic carbocycles. The Morgan fingerprint density at radius 2 is 2.36 bits per heavy atom. The number of aromatic nitrogens is 2. The van der Waals surface area contributed by atoms with Gasteiger partial charge >= 0.3 is 0 Å². The fraction of sp³-hybridized carbons (Fsp3) is 0.429. The van der Waals surface area contributed by atoms with Crippen LogP contribution < -0.4 is 16.0 Å². The summed E-state index contributed by atoms with van der Waals surface area (Å²) in [5, 5.41) is 8.47. The molecular weight excluding hydrogens is 302 g/mol. The van der Waals surface area contributed by atoms with E-state index in [9.17, 15) is 9.59 Å². The van der Waals surface area contributed by atoms with Gasteiger partial charge in [0.15, 0.2) is 0 Å². The number of rotatable bonds is 4. The molecule has 116 valence electrons. The van der Waals surface area contributed by atoms with Crippen molar-refractivity contribution in [3.05, 3.63) is 22.9 Å². The molecule has 2 amide bonds. The zero-order valence-electron chi connectivity index (χ0n) is 12.0. The summed E-state index contributed by atoms with van der Waals surface area (Å²) in [7, 11) is 0. The third-order valence-corrected chi connectivity index (χ3v) is 4.36. The Morgan fingerprint density at radius 3 is 3.09 bits per heavy atom. The summed E-state index contributed by atoms with van der Waals surface area (Å²) in [5.41, 5.74) is 0.603. The lowest BCUT2D eigenvalue weighted by atomic mass is 10.00. The van der Waals surface area contributed by atoms with Gasteiger partial charge in [-0.25, -0.2) is 9.97 Å². The molecule has 1 aromatic rings. The molecule has 7 nitrogen and oxygen atoms in total. The fourth-order valence-corrected chi connectivity index (χ4v) is 3.09. The van der Waals surface area contributed by atoms with E-state index in [-0.39, 0.29) is 11.1 Å². The minimum atomic E-state index is -0.378. The first-order valence-electron chi connectivity index (χ1n) is 7.23. The normalized spacial score (nSPS) is 23.6. The zero-order valence-corrected chi connectivity index (χ0v) is 12.8. The maximum atomic E-state index is 11.5. The van der Waals surface area contributed by atoms with Crippen LogP contribution in [0.2, 0.25) is 0 Å². The first-order valence-corrected chi connectivity index (χ1v) is 8.05. The molecule has 2 aliphatic heterocycles. The molecule has 0 radical (unpaired) electrons. The minimum Gasteiger partial charge on any atom is -0.354 e. The molecule has 0 aromatic carbocycles. The predicted octanol–water partition coefficient (Wildman–Crippen LogP) is 1.21. The quantitative estimate of drug-likeness (QED) is 0.718. The number of carbonyl (C=O) groups excluding carboxylic acids is 2. The standard InChI is InChI=1S/C14H17N5O2S/c20-12-11(22-14(21)19-12)6-10-3-5-16-13(18-10)17-8-9-2-1-4-15-7-9/h3,5-6,9,15H,1-2,4,7-8H2,(H,16,17,18)(H,19,20,21)/t9-/m1/s1. The van der Waals surface area contributed by atoms with Crippen molar-refractivity contribution in [1.29, 1.82) is 0 Å². The highest BCUT2D eigenvalue weighted by molar-refractivity contribution is 8.18. The lowest BCUT2D eigenvalue weighted by Crippen LogP contribution is -2.33. The van der Waals surface area contributed by atoms with Crippen molar-refractivity contribution in [1.82, 2.24) is 20.6 Å². The molecule has 2 fully saturated rings. The number of thioether (sulfide) groups is 1. The third kappa shape index (κ3) is 3.83. The van der Waals surface area contributed by atoms with Gasteiger partial charge in [0, 0.05) is 12.7 Å². The summed E-state index contributed by atoms with van der Waals surface area (Å²) in [6, 6.07) is 1.71. The second-order valence-electron chi connectivity index (χ2n) is 5.25. The summed E-state index contributed by atoms with van der Waals surface area (Å²) < 4.78 is 0. The van der Waals surface area contributed by atoms with Crippen LogP contribution in [0.5, 0.6) is 0 Å². The molecule has 1 aromatic heterocycles. The summed E-state index contributed by atoms with van der Waals surface area (Å²) in [5.74, 6) is 0.735. The number of hydrogen-bond acceptors (Lipinski definition) is 7. The van der Waals surface area contributed by atoms with E-state index in [4.69, 9.17) is 0 Å². The van der Waals surface area contributed by atoms with Gasteiger partial charge < -0.3 is 10.6 Å². The van der Waals surface area contributed by atoms with Gasteiger partial charge in [0.1, 0.15) is 0 Å². The number of carbonyl (C=O) groups is 2. The van der Waals surface area contributed by atoms with Crippen LogP contribution in [0.15, 0.2) is 17.2 Å². The monoisotopic (exact) mass is 319 g/mol. The zero-order chi connectivity index (χ0) is 15.4. The van der Waals surface area contributed by atoms with Gasteiger partial charge in [-0.05, 0) is 55.8 Å². The summed E-state index contributed by atoms with van der Waals surface area (Å²) in [6.45, 7) is 2.92.